The molecule has 1 aliphatic heterocycles. The monoisotopic (exact) mass is 412 g/mol. The maximum Gasteiger partial charge on any atom is 0.264 e. The standard InChI is InChI=1S/C23H28N2O3S/c1-15-3-4-16(2)19(11-15)14-24-22(26)17-5-6-20-18(12-17)13-21(29-20)23(27)25-7-9-28-10-8-25/h3-4,11,13,17H,5-10,12,14H2,1-2H3,(H,24,26). The number of thiophene rings is 1. The fourth-order valence-corrected chi connectivity index (χ4v) is 5.27. The number of aryl methyl sites for hydroxylation is 3. The van der Waals surface area contributed by atoms with Crippen molar-refractivity contribution in [2.75, 3.05) is 26.3 Å². The fourth-order valence-electron chi connectivity index (χ4n) is 4.09. The molecule has 1 saturated heterocycles. The van der Waals surface area contributed by atoms with Gasteiger partial charge in [0.15, 0.2) is 0 Å². The van der Waals surface area contributed by atoms with Crippen LogP contribution in [0.2, 0.25) is 0 Å². The van der Waals surface area contributed by atoms with Crippen molar-refractivity contribution in [3.63, 3.8) is 0 Å². The molecule has 0 radical (unpaired) electrons. The van der Waals surface area contributed by atoms with E-state index in [0.717, 1.165) is 24.1 Å². The van der Waals surface area contributed by atoms with Crippen LogP contribution in [0.5, 0.6) is 0 Å². The number of nitrogens with zero attached hydrogens (tertiary/aromatic N) is 1. The molecule has 29 heavy (non-hydrogen) atoms. The number of rotatable bonds is 4. The van der Waals surface area contributed by atoms with Gasteiger partial charge < -0.3 is 15.0 Å². The largest absolute Gasteiger partial charge is 0.378 e. The number of ether oxygens (including phenoxy) is 1. The highest BCUT2D eigenvalue weighted by Gasteiger charge is 2.28. The molecule has 1 aromatic carbocycles. The summed E-state index contributed by atoms with van der Waals surface area (Å²) in [6, 6.07) is 8.34. The van der Waals surface area contributed by atoms with Crippen LogP contribution in [0.4, 0.5) is 0 Å². The summed E-state index contributed by atoms with van der Waals surface area (Å²) in [6.07, 6.45) is 2.44. The van der Waals surface area contributed by atoms with Crippen LogP contribution in [0.3, 0.4) is 0 Å². The van der Waals surface area contributed by atoms with Gasteiger partial charge in [-0.2, -0.15) is 0 Å². The van der Waals surface area contributed by atoms with Crippen molar-refractivity contribution in [2.24, 2.45) is 5.92 Å². The van der Waals surface area contributed by atoms with Crippen molar-refractivity contribution >= 4 is 23.2 Å². The van der Waals surface area contributed by atoms with Gasteiger partial charge >= 0.3 is 0 Å². The molecule has 1 unspecified atom stereocenters. The highest BCUT2D eigenvalue weighted by atomic mass is 32.1. The van der Waals surface area contributed by atoms with E-state index in [4.69, 9.17) is 4.74 Å². The molecule has 2 aromatic rings. The fraction of sp³-hybridized carbons (Fsp3) is 0.478. The van der Waals surface area contributed by atoms with Gasteiger partial charge in [0.25, 0.3) is 5.91 Å². The summed E-state index contributed by atoms with van der Waals surface area (Å²) < 4.78 is 5.34. The average Bonchev–Trinajstić information content (AvgIpc) is 3.17. The lowest BCUT2D eigenvalue weighted by Gasteiger charge is -2.26. The first kappa shape index (κ1) is 20.1. The zero-order valence-electron chi connectivity index (χ0n) is 17.1. The quantitative estimate of drug-likeness (QED) is 0.839. The Hall–Kier alpha value is -2.18. The molecular formula is C23H28N2O3S. The molecule has 2 amide bonds. The van der Waals surface area contributed by atoms with Crippen LogP contribution in [0, 0.1) is 19.8 Å². The van der Waals surface area contributed by atoms with Gasteiger partial charge in [0.1, 0.15) is 0 Å². The molecule has 0 saturated carbocycles. The van der Waals surface area contributed by atoms with Gasteiger partial charge in [-0.15, -0.1) is 11.3 Å². The number of carbonyl (C=O) groups is 2. The normalized spacial score (nSPS) is 19.0. The molecule has 1 aromatic heterocycles. The average molecular weight is 413 g/mol. The lowest BCUT2D eigenvalue weighted by Crippen LogP contribution is -2.40. The maximum absolute atomic E-state index is 12.8. The number of hydrogen-bond acceptors (Lipinski definition) is 4. The summed E-state index contributed by atoms with van der Waals surface area (Å²) in [7, 11) is 0. The summed E-state index contributed by atoms with van der Waals surface area (Å²) >= 11 is 1.60. The summed E-state index contributed by atoms with van der Waals surface area (Å²) in [5, 5.41) is 3.12. The molecule has 4 rings (SSSR count). The van der Waals surface area contributed by atoms with Gasteiger partial charge in [-0.05, 0) is 55.9 Å². The summed E-state index contributed by atoms with van der Waals surface area (Å²) in [5.41, 5.74) is 4.75. The third kappa shape index (κ3) is 4.54. The first-order valence-electron chi connectivity index (χ1n) is 10.3. The Morgan fingerprint density at radius 3 is 2.79 bits per heavy atom. The molecule has 5 nitrogen and oxygen atoms in total. The summed E-state index contributed by atoms with van der Waals surface area (Å²) in [6.45, 7) is 7.25. The third-order valence-corrected chi connectivity index (χ3v) is 7.15. The Balaban J connectivity index is 1.38. The molecule has 1 fully saturated rings. The van der Waals surface area contributed by atoms with Crippen LogP contribution in [-0.4, -0.2) is 43.0 Å². The number of carbonyl (C=O) groups excluding carboxylic acids is 2. The van der Waals surface area contributed by atoms with Gasteiger partial charge in [0.2, 0.25) is 5.91 Å². The van der Waals surface area contributed by atoms with Crippen molar-refractivity contribution in [3.8, 4) is 0 Å². The van der Waals surface area contributed by atoms with E-state index in [-0.39, 0.29) is 17.7 Å². The van der Waals surface area contributed by atoms with Crippen LogP contribution >= 0.6 is 11.3 Å². The minimum Gasteiger partial charge on any atom is -0.378 e. The van der Waals surface area contributed by atoms with Crippen LogP contribution < -0.4 is 5.32 Å². The van der Waals surface area contributed by atoms with E-state index in [2.05, 4.69) is 37.4 Å². The number of fused-ring (bicyclic) bond motifs is 1. The van der Waals surface area contributed by atoms with Crippen LogP contribution in [0.15, 0.2) is 24.3 Å². The van der Waals surface area contributed by atoms with Crippen molar-refractivity contribution in [1.29, 1.82) is 0 Å². The molecule has 1 N–H and O–H groups in total. The number of benzene rings is 1. The molecule has 1 aliphatic carbocycles. The Morgan fingerprint density at radius 1 is 1.21 bits per heavy atom. The second-order valence-electron chi connectivity index (χ2n) is 8.05. The van der Waals surface area contributed by atoms with E-state index in [9.17, 15) is 9.59 Å². The van der Waals surface area contributed by atoms with Gasteiger partial charge in [0.05, 0.1) is 18.1 Å². The highest BCUT2D eigenvalue weighted by molar-refractivity contribution is 7.14. The van der Waals surface area contributed by atoms with E-state index in [0.29, 0.717) is 32.8 Å². The molecule has 0 spiro atoms. The van der Waals surface area contributed by atoms with Crippen LogP contribution in [0.1, 0.15) is 43.2 Å². The lowest BCUT2D eigenvalue weighted by atomic mass is 9.87. The lowest BCUT2D eigenvalue weighted by molar-refractivity contribution is -0.125. The highest BCUT2D eigenvalue weighted by Crippen LogP contribution is 2.33. The predicted octanol–water partition coefficient (Wildman–Crippen LogP) is 3.26. The Labute approximate surface area is 176 Å². The van der Waals surface area contributed by atoms with Gasteiger partial charge in [0, 0.05) is 30.4 Å². The summed E-state index contributed by atoms with van der Waals surface area (Å²) in [5.74, 6) is 0.195. The first-order chi connectivity index (χ1) is 14.0. The topological polar surface area (TPSA) is 58.6 Å². The van der Waals surface area contributed by atoms with Crippen LogP contribution in [0.25, 0.3) is 0 Å². The second kappa shape index (κ2) is 8.67. The SMILES string of the molecule is Cc1ccc(C)c(CNC(=O)C2CCc3sc(C(=O)N4CCOCC4)cc3C2)c1. The van der Waals surface area contributed by atoms with E-state index in [1.165, 1.54) is 27.1 Å². The number of morpholine rings is 1. The molecule has 0 bridgehead atoms. The van der Waals surface area contributed by atoms with E-state index in [1.807, 2.05) is 11.0 Å². The maximum atomic E-state index is 12.8. The Bertz CT molecular complexity index is 915. The first-order valence-corrected chi connectivity index (χ1v) is 11.2. The van der Waals surface area contributed by atoms with Crippen molar-refractivity contribution in [3.05, 3.63) is 56.3 Å². The number of hydrogen-bond donors (Lipinski definition) is 1. The Kier molecular flexibility index (Phi) is 6.01. The minimum atomic E-state index is -0.0199. The second-order valence-corrected chi connectivity index (χ2v) is 9.19. The zero-order chi connectivity index (χ0) is 20.4. The van der Waals surface area contributed by atoms with Gasteiger partial charge in [-0.3, -0.25) is 9.59 Å². The molecule has 6 heteroatoms. The summed E-state index contributed by atoms with van der Waals surface area (Å²) in [4.78, 5) is 29.5. The van der Waals surface area contributed by atoms with E-state index < -0.39 is 0 Å². The van der Waals surface area contributed by atoms with E-state index >= 15 is 0 Å². The number of nitrogens with one attached hydrogen (secondary N) is 1. The van der Waals surface area contributed by atoms with Gasteiger partial charge in [-0.25, -0.2) is 0 Å². The predicted molar refractivity (Wildman–Crippen MR) is 114 cm³/mol. The smallest absolute Gasteiger partial charge is 0.264 e. The van der Waals surface area contributed by atoms with Crippen LogP contribution in [-0.2, 0) is 28.9 Å². The molecular weight excluding hydrogens is 384 g/mol. The Morgan fingerprint density at radius 2 is 2.00 bits per heavy atom. The van der Waals surface area contributed by atoms with Crippen molar-refractivity contribution in [2.45, 2.75) is 39.7 Å². The van der Waals surface area contributed by atoms with E-state index in [1.54, 1.807) is 11.3 Å². The number of amides is 2. The molecule has 2 heterocycles. The third-order valence-electron chi connectivity index (χ3n) is 5.92. The van der Waals surface area contributed by atoms with Crippen molar-refractivity contribution in [1.82, 2.24) is 10.2 Å². The zero-order valence-corrected chi connectivity index (χ0v) is 17.9. The molecule has 2 aliphatic rings. The molecule has 154 valence electrons. The minimum absolute atomic E-state index is 0.0199. The van der Waals surface area contributed by atoms with Gasteiger partial charge in [-0.1, -0.05) is 23.8 Å². The van der Waals surface area contributed by atoms with Crippen molar-refractivity contribution < 1.29 is 14.3 Å². The molecule has 1 atom stereocenters.